The number of fused-ring (bicyclic) bond motifs is 3. The number of hydrogen-bond donors (Lipinski definition) is 1. The van der Waals surface area contributed by atoms with Crippen molar-refractivity contribution in [1.82, 2.24) is 4.90 Å². The van der Waals surface area contributed by atoms with E-state index < -0.39 is 0 Å². The quantitative estimate of drug-likeness (QED) is 0.803. The fraction of sp³-hybridized carbons (Fsp3) is 0.500. The molecule has 0 bridgehead atoms. The predicted octanol–water partition coefficient (Wildman–Crippen LogP) is 4.25. The zero-order valence-electron chi connectivity index (χ0n) is 18.5. The normalized spacial score (nSPS) is 25.5. The minimum Gasteiger partial charge on any atom is -0.497 e. The zero-order chi connectivity index (χ0) is 21.5. The van der Waals surface area contributed by atoms with Crippen LogP contribution in [0.15, 0.2) is 42.5 Å². The zero-order valence-corrected chi connectivity index (χ0v) is 18.5. The van der Waals surface area contributed by atoms with Crippen LogP contribution in [0, 0.1) is 11.8 Å². The number of anilines is 1. The summed E-state index contributed by atoms with van der Waals surface area (Å²) in [4.78, 5) is 17.8. The van der Waals surface area contributed by atoms with Gasteiger partial charge < -0.3 is 19.6 Å². The summed E-state index contributed by atoms with van der Waals surface area (Å²) in [5.74, 6) is 1.61. The van der Waals surface area contributed by atoms with E-state index in [0.717, 1.165) is 48.4 Å². The number of benzene rings is 2. The van der Waals surface area contributed by atoms with Crippen molar-refractivity contribution in [2.24, 2.45) is 11.8 Å². The van der Waals surface area contributed by atoms with Crippen LogP contribution in [0.2, 0.25) is 0 Å². The fourth-order valence-corrected chi connectivity index (χ4v) is 6.07. The molecule has 0 aromatic heterocycles. The summed E-state index contributed by atoms with van der Waals surface area (Å²) < 4.78 is 5.31. The van der Waals surface area contributed by atoms with Gasteiger partial charge in [0, 0.05) is 31.1 Å². The van der Waals surface area contributed by atoms with E-state index in [1.165, 1.54) is 18.4 Å². The maximum Gasteiger partial charge on any atom is 0.226 e. The number of likely N-dealkylation sites (N-methyl/N-ethyl adjacent to an activating group) is 1. The number of amides is 1. The average Bonchev–Trinajstić information content (AvgIpc) is 3.49. The minimum absolute atomic E-state index is 0.0470. The SMILES string of the molecule is COc1ccc(-c2ccc3c(c2)[C@H]2[C@H](CCN2C(=O)C2CCCC2)[C@H](CO)N3C)cc1. The van der Waals surface area contributed by atoms with E-state index in [9.17, 15) is 9.90 Å². The van der Waals surface area contributed by atoms with E-state index in [1.54, 1.807) is 7.11 Å². The van der Waals surface area contributed by atoms with Crippen LogP contribution >= 0.6 is 0 Å². The van der Waals surface area contributed by atoms with E-state index in [2.05, 4.69) is 47.2 Å². The van der Waals surface area contributed by atoms with E-state index in [0.29, 0.717) is 5.91 Å². The molecular formula is C26H32N2O3. The number of carbonyl (C=O) groups excluding carboxylic acids is 1. The van der Waals surface area contributed by atoms with Crippen molar-refractivity contribution in [3.05, 3.63) is 48.0 Å². The molecule has 164 valence electrons. The molecule has 2 aromatic rings. The number of rotatable bonds is 4. The molecular weight excluding hydrogens is 388 g/mol. The standard InChI is InChI=1S/C26H32N2O3/c1-27-23-12-9-19(17-7-10-20(31-2)11-8-17)15-22(23)25-21(24(27)16-29)13-14-28(25)26(30)18-5-3-4-6-18/h7-12,15,18,21,24-25,29H,3-6,13-14,16H2,1-2H3/t21-,24+,25-/m1/s1. The van der Waals surface area contributed by atoms with Gasteiger partial charge in [0.15, 0.2) is 0 Å². The van der Waals surface area contributed by atoms with E-state index in [1.807, 2.05) is 12.1 Å². The maximum atomic E-state index is 13.5. The Balaban J connectivity index is 1.55. The second-order valence-electron chi connectivity index (χ2n) is 9.27. The van der Waals surface area contributed by atoms with Gasteiger partial charge in [-0.05, 0) is 60.2 Å². The summed E-state index contributed by atoms with van der Waals surface area (Å²) in [7, 11) is 3.75. The van der Waals surface area contributed by atoms with Gasteiger partial charge in [0.1, 0.15) is 5.75 Å². The van der Waals surface area contributed by atoms with Crippen LogP contribution in [-0.2, 0) is 4.79 Å². The lowest BCUT2D eigenvalue weighted by Gasteiger charge is -2.45. The van der Waals surface area contributed by atoms with Gasteiger partial charge in [-0.2, -0.15) is 0 Å². The molecule has 1 amide bonds. The molecule has 1 saturated heterocycles. The molecule has 0 spiro atoms. The van der Waals surface area contributed by atoms with Crippen LogP contribution in [0.4, 0.5) is 5.69 Å². The first-order chi connectivity index (χ1) is 15.1. The van der Waals surface area contributed by atoms with Crippen LogP contribution in [-0.4, -0.2) is 49.3 Å². The van der Waals surface area contributed by atoms with Crippen molar-refractivity contribution in [1.29, 1.82) is 0 Å². The van der Waals surface area contributed by atoms with Gasteiger partial charge in [-0.25, -0.2) is 0 Å². The Morgan fingerprint density at radius 2 is 1.77 bits per heavy atom. The summed E-state index contributed by atoms with van der Waals surface area (Å²) in [5, 5.41) is 10.2. The second kappa shape index (κ2) is 8.19. The van der Waals surface area contributed by atoms with Crippen molar-refractivity contribution >= 4 is 11.6 Å². The Kier molecular flexibility index (Phi) is 5.39. The highest BCUT2D eigenvalue weighted by atomic mass is 16.5. The molecule has 2 aromatic carbocycles. The summed E-state index contributed by atoms with van der Waals surface area (Å²) in [6.07, 6.45) is 5.32. The van der Waals surface area contributed by atoms with Gasteiger partial charge in [-0.15, -0.1) is 0 Å². The fourth-order valence-electron chi connectivity index (χ4n) is 6.07. The van der Waals surface area contributed by atoms with Gasteiger partial charge in [-0.3, -0.25) is 4.79 Å². The second-order valence-corrected chi connectivity index (χ2v) is 9.27. The highest BCUT2D eigenvalue weighted by Crippen LogP contribution is 2.50. The molecule has 2 fully saturated rings. The molecule has 5 rings (SSSR count). The lowest BCUT2D eigenvalue weighted by Crippen LogP contribution is -2.48. The number of methoxy groups -OCH3 is 1. The molecule has 0 radical (unpaired) electrons. The van der Waals surface area contributed by atoms with Crippen LogP contribution in [0.3, 0.4) is 0 Å². The molecule has 1 aliphatic carbocycles. The maximum absolute atomic E-state index is 13.5. The minimum atomic E-state index is 0.0470. The van der Waals surface area contributed by atoms with Crippen LogP contribution in [0.25, 0.3) is 11.1 Å². The van der Waals surface area contributed by atoms with Crippen molar-refractivity contribution in [3.8, 4) is 16.9 Å². The first-order valence-corrected chi connectivity index (χ1v) is 11.5. The smallest absolute Gasteiger partial charge is 0.226 e. The predicted molar refractivity (Wildman–Crippen MR) is 122 cm³/mol. The monoisotopic (exact) mass is 420 g/mol. The Hall–Kier alpha value is -2.53. The number of carbonyl (C=O) groups is 1. The van der Waals surface area contributed by atoms with Gasteiger partial charge >= 0.3 is 0 Å². The summed E-state index contributed by atoms with van der Waals surface area (Å²) in [6, 6.07) is 14.8. The number of hydrogen-bond acceptors (Lipinski definition) is 4. The third kappa shape index (κ3) is 3.39. The van der Waals surface area contributed by atoms with Gasteiger partial charge in [0.25, 0.3) is 0 Å². The Bertz CT molecular complexity index is 952. The van der Waals surface area contributed by atoms with Crippen LogP contribution in [0.1, 0.15) is 43.7 Å². The molecule has 0 unspecified atom stereocenters. The molecule has 2 aliphatic heterocycles. The third-order valence-corrected chi connectivity index (χ3v) is 7.76. The first-order valence-electron chi connectivity index (χ1n) is 11.5. The molecule has 1 N–H and O–H groups in total. The number of likely N-dealkylation sites (tertiary alicyclic amines) is 1. The average molecular weight is 421 g/mol. The number of aliphatic hydroxyl groups excluding tert-OH is 1. The molecule has 2 heterocycles. The number of nitrogens with zero attached hydrogens (tertiary/aromatic N) is 2. The molecule has 3 atom stereocenters. The Morgan fingerprint density at radius 3 is 2.45 bits per heavy atom. The highest BCUT2D eigenvalue weighted by molar-refractivity contribution is 5.81. The highest BCUT2D eigenvalue weighted by Gasteiger charge is 2.48. The Labute approximate surface area is 184 Å². The van der Waals surface area contributed by atoms with Gasteiger partial charge in [0.2, 0.25) is 5.91 Å². The molecule has 3 aliphatic rings. The molecule has 5 heteroatoms. The first kappa shape index (κ1) is 20.4. The van der Waals surface area contributed by atoms with E-state index in [4.69, 9.17) is 4.74 Å². The van der Waals surface area contributed by atoms with Crippen LogP contribution in [0.5, 0.6) is 5.75 Å². The van der Waals surface area contributed by atoms with E-state index >= 15 is 0 Å². The summed E-state index contributed by atoms with van der Waals surface area (Å²) in [6.45, 7) is 0.907. The number of aliphatic hydroxyl groups is 1. The van der Waals surface area contributed by atoms with Crippen LogP contribution < -0.4 is 9.64 Å². The third-order valence-electron chi connectivity index (χ3n) is 7.76. The van der Waals surface area contributed by atoms with Crippen molar-refractivity contribution in [2.45, 2.75) is 44.2 Å². The lowest BCUT2D eigenvalue weighted by atomic mass is 9.81. The van der Waals surface area contributed by atoms with Gasteiger partial charge in [0.05, 0.1) is 25.8 Å². The lowest BCUT2D eigenvalue weighted by molar-refractivity contribution is -0.136. The largest absolute Gasteiger partial charge is 0.497 e. The van der Waals surface area contributed by atoms with E-state index in [-0.39, 0.29) is 30.5 Å². The molecule has 31 heavy (non-hydrogen) atoms. The van der Waals surface area contributed by atoms with Gasteiger partial charge in [-0.1, -0.05) is 31.0 Å². The number of ether oxygens (including phenoxy) is 1. The topological polar surface area (TPSA) is 53.0 Å². The van der Waals surface area contributed by atoms with Crippen molar-refractivity contribution in [2.75, 3.05) is 32.2 Å². The van der Waals surface area contributed by atoms with Crippen molar-refractivity contribution in [3.63, 3.8) is 0 Å². The summed E-state index contributed by atoms with van der Waals surface area (Å²) >= 11 is 0. The van der Waals surface area contributed by atoms with Crippen molar-refractivity contribution < 1.29 is 14.6 Å². The Morgan fingerprint density at radius 1 is 1.06 bits per heavy atom. The summed E-state index contributed by atoms with van der Waals surface area (Å²) in [5.41, 5.74) is 4.63. The molecule has 1 saturated carbocycles. The molecule has 5 nitrogen and oxygen atoms in total.